The first-order valence-corrected chi connectivity index (χ1v) is 7.65. The maximum absolute atomic E-state index is 12.2. The number of aryl methyl sites for hydroxylation is 1. The summed E-state index contributed by atoms with van der Waals surface area (Å²) in [6.45, 7) is 4.24. The van der Waals surface area contributed by atoms with Crippen LogP contribution in [0, 0.1) is 12.3 Å². The van der Waals surface area contributed by atoms with Gasteiger partial charge in [-0.15, -0.1) is 0 Å². The quantitative estimate of drug-likeness (QED) is 0.835. The van der Waals surface area contributed by atoms with E-state index < -0.39 is 10.0 Å². The van der Waals surface area contributed by atoms with Crippen molar-refractivity contribution in [2.24, 2.45) is 5.41 Å². The number of rotatable bonds is 4. The van der Waals surface area contributed by atoms with E-state index in [1.807, 2.05) is 0 Å². The van der Waals surface area contributed by atoms with Gasteiger partial charge in [0.1, 0.15) is 4.90 Å². The first-order chi connectivity index (χ1) is 8.23. The average molecular weight is 289 g/mol. The smallest absolute Gasteiger partial charge is 0.242 e. The molecule has 2 rings (SSSR count). The van der Waals surface area contributed by atoms with Gasteiger partial charge in [-0.05, 0) is 42.9 Å². The molecule has 0 radical (unpaired) electrons. The Hall–Kier alpha value is -0.780. The van der Waals surface area contributed by atoms with E-state index >= 15 is 0 Å². The van der Waals surface area contributed by atoms with Crippen LogP contribution in [0.2, 0.25) is 5.02 Å². The van der Waals surface area contributed by atoms with E-state index in [2.05, 4.69) is 11.6 Å². The van der Waals surface area contributed by atoms with E-state index in [9.17, 15) is 8.42 Å². The lowest BCUT2D eigenvalue weighted by Gasteiger charge is -2.13. The molecule has 6 heteroatoms. The third-order valence-corrected chi connectivity index (χ3v) is 5.36. The van der Waals surface area contributed by atoms with Crippen molar-refractivity contribution in [3.8, 4) is 0 Å². The Morgan fingerprint density at radius 3 is 2.61 bits per heavy atom. The fourth-order valence-electron chi connectivity index (χ4n) is 1.70. The van der Waals surface area contributed by atoms with Gasteiger partial charge in [-0.25, -0.2) is 13.1 Å². The van der Waals surface area contributed by atoms with E-state index in [4.69, 9.17) is 17.3 Å². The molecule has 3 N–H and O–H groups in total. The summed E-state index contributed by atoms with van der Waals surface area (Å²) in [4.78, 5) is 0.0610. The van der Waals surface area contributed by atoms with Gasteiger partial charge in [0, 0.05) is 12.2 Å². The van der Waals surface area contributed by atoms with Crippen molar-refractivity contribution in [1.82, 2.24) is 4.72 Å². The van der Waals surface area contributed by atoms with Gasteiger partial charge in [-0.3, -0.25) is 0 Å². The van der Waals surface area contributed by atoms with Crippen LogP contribution >= 0.6 is 11.6 Å². The summed E-state index contributed by atoms with van der Waals surface area (Å²) >= 11 is 6.04. The third-order valence-electron chi connectivity index (χ3n) is 3.33. The lowest BCUT2D eigenvalue weighted by molar-refractivity contribution is 0.530. The average Bonchev–Trinajstić information content (AvgIpc) is 3.00. The van der Waals surface area contributed by atoms with Crippen LogP contribution in [0.15, 0.2) is 17.0 Å². The molecule has 0 heterocycles. The van der Waals surface area contributed by atoms with Crippen molar-refractivity contribution in [1.29, 1.82) is 0 Å². The summed E-state index contributed by atoms with van der Waals surface area (Å²) in [6.07, 6.45) is 2.11. The Labute approximate surface area is 113 Å². The Bertz CT molecular complexity index is 580. The summed E-state index contributed by atoms with van der Waals surface area (Å²) in [5.74, 6) is 0. The SMILES string of the molecule is Cc1cc(N)cc(S(=O)(=O)NCC2(C)CC2)c1Cl. The zero-order chi connectivity index (χ0) is 13.6. The second-order valence-electron chi connectivity index (χ2n) is 5.29. The number of nitrogen functional groups attached to an aromatic ring is 1. The van der Waals surface area contributed by atoms with Crippen LogP contribution in [-0.4, -0.2) is 15.0 Å². The highest BCUT2D eigenvalue weighted by molar-refractivity contribution is 7.89. The fourth-order valence-corrected chi connectivity index (χ4v) is 3.49. The number of anilines is 1. The fraction of sp³-hybridized carbons (Fsp3) is 0.500. The number of hydrogen-bond acceptors (Lipinski definition) is 3. The molecule has 0 atom stereocenters. The minimum Gasteiger partial charge on any atom is -0.399 e. The summed E-state index contributed by atoms with van der Waals surface area (Å²) in [7, 11) is -3.59. The molecule has 0 aliphatic heterocycles. The van der Waals surface area contributed by atoms with Gasteiger partial charge >= 0.3 is 0 Å². The summed E-state index contributed by atoms with van der Waals surface area (Å²) in [5, 5.41) is 0.234. The van der Waals surface area contributed by atoms with Gasteiger partial charge in [0.15, 0.2) is 0 Å². The first-order valence-electron chi connectivity index (χ1n) is 5.79. The van der Waals surface area contributed by atoms with Gasteiger partial charge in [-0.1, -0.05) is 18.5 Å². The van der Waals surface area contributed by atoms with E-state index in [1.54, 1.807) is 13.0 Å². The topological polar surface area (TPSA) is 72.2 Å². The minimum atomic E-state index is -3.59. The molecule has 1 aliphatic rings. The molecule has 4 nitrogen and oxygen atoms in total. The molecule has 1 fully saturated rings. The Morgan fingerprint density at radius 2 is 2.06 bits per heavy atom. The maximum atomic E-state index is 12.2. The molecule has 100 valence electrons. The molecule has 0 spiro atoms. The van der Waals surface area contributed by atoms with Crippen molar-refractivity contribution in [2.45, 2.75) is 31.6 Å². The molecule has 0 saturated heterocycles. The van der Waals surface area contributed by atoms with E-state index in [0.29, 0.717) is 17.8 Å². The number of halogens is 1. The van der Waals surface area contributed by atoms with Crippen LogP contribution in [0.3, 0.4) is 0 Å². The van der Waals surface area contributed by atoms with E-state index in [-0.39, 0.29) is 15.3 Å². The van der Waals surface area contributed by atoms with Crippen LogP contribution in [0.4, 0.5) is 5.69 Å². The summed E-state index contributed by atoms with van der Waals surface area (Å²) in [5.41, 5.74) is 6.83. The summed E-state index contributed by atoms with van der Waals surface area (Å²) in [6, 6.07) is 3.05. The van der Waals surface area contributed by atoms with Crippen molar-refractivity contribution < 1.29 is 8.42 Å². The molecular formula is C12H17ClN2O2S. The predicted molar refractivity (Wildman–Crippen MR) is 73.1 cm³/mol. The minimum absolute atomic E-state index is 0.0610. The largest absolute Gasteiger partial charge is 0.399 e. The molecule has 1 aromatic rings. The van der Waals surface area contributed by atoms with Crippen LogP contribution < -0.4 is 10.5 Å². The second-order valence-corrected chi connectivity index (χ2v) is 7.40. The van der Waals surface area contributed by atoms with Gasteiger partial charge in [0.05, 0.1) is 5.02 Å². The zero-order valence-electron chi connectivity index (χ0n) is 10.5. The Kier molecular flexibility index (Phi) is 3.34. The van der Waals surface area contributed by atoms with Crippen LogP contribution in [-0.2, 0) is 10.0 Å². The number of nitrogens with two attached hydrogens (primary N) is 1. The number of nitrogens with one attached hydrogen (secondary N) is 1. The number of benzene rings is 1. The molecule has 0 unspecified atom stereocenters. The van der Waals surface area contributed by atoms with Crippen LogP contribution in [0.25, 0.3) is 0 Å². The molecule has 1 aliphatic carbocycles. The molecule has 1 saturated carbocycles. The van der Waals surface area contributed by atoms with Crippen molar-refractivity contribution >= 4 is 27.3 Å². The molecule has 1 aromatic carbocycles. The second kappa shape index (κ2) is 4.40. The monoisotopic (exact) mass is 288 g/mol. The van der Waals surface area contributed by atoms with Gasteiger partial charge in [0.2, 0.25) is 10.0 Å². The Morgan fingerprint density at radius 1 is 1.44 bits per heavy atom. The number of hydrogen-bond donors (Lipinski definition) is 2. The zero-order valence-corrected chi connectivity index (χ0v) is 12.0. The van der Waals surface area contributed by atoms with Crippen molar-refractivity contribution in [3.05, 3.63) is 22.7 Å². The third kappa shape index (κ3) is 2.79. The van der Waals surface area contributed by atoms with Crippen molar-refractivity contribution in [2.75, 3.05) is 12.3 Å². The Balaban J connectivity index is 2.29. The van der Waals surface area contributed by atoms with Crippen molar-refractivity contribution in [3.63, 3.8) is 0 Å². The van der Waals surface area contributed by atoms with Gasteiger partial charge < -0.3 is 5.73 Å². The highest BCUT2D eigenvalue weighted by atomic mass is 35.5. The maximum Gasteiger partial charge on any atom is 0.242 e. The van der Waals surface area contributed by atoms with Gasteiger partial charge in [0.25, 0.3) is 0 Å². The predicted octanol–water partition coefficient (Wildman–Crippen LogP) is 2.31. The molecule has 0 bridgehead atoms. The normalized spacial score (nSPS) is 17.7. The van der Waals surface area contributed by atoms with E-state index in [1.165, 1.54) is 6.07 Å². The lowest BCUT2D eigenvalue weighted by atomic mass is 10.2. The van der Waals surface area contributed by atoms with Gasteiger partial charge in [-0.2, -0.15) is 0 Å². The first kappa shape index (κ1) is 13.6. The molecule has 0 amide bonds. The molecular weight excluding hydrogens is 272 g/mol. The van der Waals surface area contributed by atoms with Crippen LogP contribution in [0.1, 0.15) is 25.3 Å². The van der Waals surface area contributed by atoms with Crippen LogP contribution in [0.5, 0.6) is 0 Å². The summed E-state index contributed by atoms with van der Waals surface area (Å²) < 4.78 is 27.0. The number of sulfonamides is 1. The highest BCUT2D eigenvalue weighted by Crippen LogP contribution is 2.44. The highest BCUT2D eigenvalue weighted by Gasteiger charge is 2.38. The lowest BCUT2D eigenvalue weighted by Crippen LogP contribution is -2.29. The standard InChI is InChI=1S/C12H17ClN2O2S/c1-8-5-9(14)6-10(11(8)13)18(16,17)15-7-12(2)3-4-12/h5-6,15H,3-4,7,14H2,1-2H3. The molecule has 18 heavy (non-hydrogen) atoms. The van der Waals surface area contributed by atoms with E-state index in [0.717, 1.165) is 12.8 Å². The molecule has 0 aromatic heterocycles.